The van der Waals surface area contributed by atoms with Crippen molar-refractivity contribution >= 4 is 5.78 Å². The van der Waals surface area contributed by atoms with Gasteiger partial charge in [-0.3, -0.25) is 4.79 Å². The molecule has 0 N–H and O–H groups in total. The highest BCUT2D eigenvalue weighted by atomic mass is 16.5. The SMILES string of the molecule is C[C@]12C=CC(=O)C[C@@H]1c1ccc(OCc3ccccc3)cc1CC2. The summed E-state index contributed by atoms with van der Waals surface area (Å²) in [5.41, 5.74) is 3.96. The first-order chi connectivity index (χ1) is 11.6. The fourth-order valence-corrected chi connectivity index (χ4v) is 4.00. The second-order valence-corrected chi connectivity index (χ2v) is 7.20. The van der Waals surface area contributed by atoms with E-state index < -0.39 is 0 Å². The number of ether oxygens (including phenoxy) is 1. The number of carbonyl (C=O) groups excluding carboxylic acids is 1. The third-order valence-corrected chi connectivity index (χ3v) is 5.52. The van der Waals surface area contributed by atoms with Gasteiger partial charge in [0.1, 0.15) is 12.4 Å². The molecule has 122 valence electrons. The molecule has 2 aliphatic carbocycles. The van der Waals surface area contributed by atoms with E-state index in [1.54, 1.807) is 6.08 Å². The molecule has 0 spiro atoms. The van der Waals surface area contributed by atoms with Crippen molar-refractivity contribution in [2.75, 3.05) is 0 Å². The van der Waals surface area contributed by atoms with E-state index in [4.69, 9.17) is 4.74 Å². The summed E-state index contributed by atoms with van der Waals surface area (Å²) in [6.07, 6.45) is 6.68. The Morgan fingerprint density at radius 3 is 2.83 bits per heavy atom. The summed E-state index contributed by atoms with van der Waals surface area (Å²) in [6, 6.07) is 16.6. The van der Waals surface area contributed by atoms with Crippen LogP contribution >= 0.6 is 0 Å². The maximum absolute atomic E-state index is 11.9. The van der Waals surface area contributed by atoms with Gasteiger partial charge in [0, 0.05) is 12.3 Å². The molecule has 0 saturated heterocycles. The van der Waals surface area contributed by atoms with Crippen molar-refractivity contribution in [2.45, 2.75) is 38.7 Å². The lowest BCUT2D eigenvalue weighted by molar-refractivity contribution is -0.116. The number of carbonyl (C=O) groups is 1. The molecule has 0 aliphatic heterocycles. The number of hydrogen-bond donors (Lipinski definition) is 0. The maximum atomic E-state index is 11.9. The summed E-state index contributed by atoms with van der Waals surface area (Å²) in [7, 11) is 0. The Hall–Kier alpha value is -2.35. The van der Waals surface area contributed by atoms with Crippen LogP contribution in [0.15, 0.2) is 60.7 Å². The topological polar surface area (TPSA) is 26.3 Å². The number of allylic oxidation sites excluding steroid dienone is 2. The molecule has 0 bridgehead atoms. The van der Waals surface area contributed by atoms with Crippen molar-refractivity contribution in [3.05, 3.63) is 77.4 Å². The van der Waals surface area contributed by atoms with Crippen LogP contribution < -0.4 is 4.74 Å². The monoisotopic (exact) mass is 318 g/mol. The highest BCUT2D eigenvalue weighted by Gasteiger charge is 2.40. The Morgan fingerprint density at radius 2 is 2.00 bits per heavy atom. The number of fused-ring (bicyclic) bond motifs is 3. The fraction of sp³-hybridized carbons (Fsp3) is 0.318. The van der Waals surface area contributed by atoms with Crippen LogP contribution in [-0.4, -0.2) is 5.78 Å². The fourth-order valence-electron chi connectivity index (χ4n) is 4.00. The van der Waals surface area contributed by atoms with Crippen LogP contribution in [0.2, 0.25) is 0 Å². The molecule has 2 aliphatic rings. The molecule has 2 nitrogen and oxygen atoms in total. The Balaban J connectivity index is 1.56. The zero-order valence-corrected chi connectivity index (χ0v) is 14.0. The van der Waals surface area contributed by atoms with Gasteiger partial charge in [0.05, 0.1) is 0 Å². The molecule has 2 aromatic carbocycles. The van der Waals surface area contributed by atoms with E-state index in [9.17, 15) is 4.79 Å². The number of rotatable bonds is 3. The van der Waals surface area contributed by atoms with Gasteiger partial charge in [-0.15, -0.1) is 0 Å². The van der Waals surface area contributed by atoms with Gasteiger partial charge >= 0.3 is 0 Å². The average molecular weight is 318 g/mol. The first-order valence-electron chi connectivity index (χ1n) is 8.66. The molecule has 2 aromatic rings. The first-order valence-corrected chi connectivity index (χ1v) is 8.66. The standard InChI is InChI=1S/C22H22O2/c1-22-11-9-17-13-19(24-15-16-5-3-2-4-6-16)7-8-20(17)21(22)14-18(23)10-12-22/h2-8,10,12-13,21H,9,11,14-15H2,1H3/t21-,22+/m1/s1. The zero-order valence-electron chi connectivity index (χ0n) is 14.0. The van der Waals surface area contributed by atoms with Crippen molar-refractivity contribution in [1.29, 1.82) is 0 Å². The van der Waals surface area contributed by atoms with Crippen molar-refractivity contribution in [2.24, 2.45) is 5.41 Å². The summed E-state index contributed by atoms with van der Waals surface area (Å²) in [5, 5.41) is 0. The maximum Gasteiger partial charge on any atom is 0.156 e. The third kappa shape index (κ3) is 2.77. The summed E-state index contributed by atoms with van der Waals surface area (Å²) in [4.78, 5) is 11.9. The lowest BCUT2D eigenvalue weighted by atomic mass is 9.61. The average Bonchev–Trinajstić information content (AvgIpc) is 2.61. The zero-order chi connectivity index (χ0) is 16.6. The summed E-state index contributed by atoms with van der Waals surface area (Å²) in [5.74, 6) is 1.47. The number of hydrogen-bond acceptors (Lipinski definition) is 2. The molecule has 0 unspecified atom stereocenters. The van der Waals surface area contributed by atoms with Crippen molar-refractivity contribution in [1.82, 2.24) is 0 Å². The Labute approximate surface area is 143 Å². The van der Waals surface area contributed by atoms with Crippen molar-refractivity contribution in [3.8, 4) is 5.75 Å². The molecule has 2 atom stereocenters. The van der Waals surface area contributed by atoms with Crippen LogP contribution in [0.25, 0.3) is 0 Å². The van der Waals surface area contributed by atoms with Gasteiger partial charge in [-0.2, -0.15) is 0 Å². The minimum atomic E-state index is 0.118. The van der Waals surface area contributed by atoms with Crippen LogP contribution in [0.1, 0.15) is 42.4 Å². The lowest BCUT2D eigenvalue weighted by Crippen LogP contribution is -2.33. The van der Waals surface area contributed by atoms with E-state index in [1.807, 2.05) is 18.2 Å². The lowest BCUT2D eigenvalue weighted by Gasteiger charge is -2.42. The quantitative estimate of drug-likeness (QED) is 0.810. The number of benzene rings is 2. The molecule has 4 rings (SSSR count). The van der Waals surface area contributed by atoms with E-state index in [0.29, 0.717) is 18.9 Å². The van der Waals surface area contributed by atoms with Crippen LogP contribution in [0, 0.1) is 5.41 Å². The van der Waals surface area contributed by atoms with Gasteiger partial charge in [-0.25, -0.2) is 0 Å². The number of ketones is 1. The smallest absolute Gasteiger partial charge is 0.156 e. The Bertz CT molecular complexity index is 791. The van der Waals surface area contributed by atoms with Crippen LogP contribution in [0.5, 0.6) is 5.75 Å². The highest BCUT2D eigenvalue weighted by molar-refractivity contribution is 5.91. The summed E-state index contributed by atoms with van der Waals surface area (Å²) >= 11 is 0. The van der Waals surface area contributed by atoms with E-state index in [-0.39, 0.29) is 11.2 Å². The molecule has 0 aromatic heterocycles. The normalized spacial score (nSPS) is 25.0. The Kier molecular flexibility index (Phi) is 3.76. The van der Waals surface area contributed by atoms with E-state index in [2.05, 4.69) is 43.3 Å². The third-order valence-electron chi connectivity index (χ3n) is 5.52. The van der Waals surface area contributed by atoms with Gasteiger partial charge in [-0.1, -0.05) is 49.4 Å². The second-order valence-electron chi connectivity index (χ2n) is 7.20. The minimum absolute atomic E-state index is 0.118. The van der Waals surface area contributed by atoms with Crippen molar-refractivity contribution in [3.63, 3.8) is 0 Å². The molecule has 0 fully saturated rings. The van der Waals surface area contributed by atoms with Crippen LogP contribution in [0.4, 0.5) is 0 Å². The van der Waals surface area contributed by atoms with Crippen molar-refractivity contribution < 1.29 is 9.53 Å². The van der Waals surface area contributed by atoms with Gasteiger partial charge < -0.3 is 4.74 Å². The van der Waals surface area contributed by atoms with E-state index >= 15 is 0 Å². The molecular formula is C22H22O2. The van der Waals surface area contributed by atoms with Gasteiger partial charge in [0.2, 0.25) is 0 Å². The summed E-state index contributed by atoms with van der Waals surface area (Å²) in [6.45, 7) is 2.87. The molecule has 24 heavy (non-hydrogen) atoms. The molecule has 0 saturated carbocycles. The largest absolute Gasteiger partial charge is 0.489 e. The molecule has 0 amide bonds. The highest BCUT2D eigenvalue weighted by Crippen LogP contribution is 2.50. The predicted molar refractivity (Wildman–Crippen MR) is 95.1 cm³/mol. The molecule has 2 heteroatoms. The molecule has 0 radical (unpaired) electrons. The minimum Gasteiger partial charge on any atom is -0.489 e. The van der Waals surface area contributed by atoms with E-state index in [1.165, 1.54) is 16.7 Å². The predicted octanol–water partition coefficient (Wildman–Crippen LogP) is 4.83. The van der Waals surface area contributed by atoms with Crippen LogP contribution in [0.3, 0.4) is 0 Å². The molecular weight excluding hydrogens is 296 g/mol. The second kappa shape index (κ2) is 5.94. The van der Waals surface area contributed by atoms with Gasteiger partial charge in [0.15, 0.2) is 5.78 Å². The first kappa shape index (κ1) is 15.2. The number of aryl methyl sites for hydroxylation is 1. The Morgan fingerprint density at radius 1 is 1.17 bits per heavy atom. The molecule has 0 heterocycles. The van der Waals surface area contributed by atoms with E-state index in [0.717, 1.165) is 18.6 Å². The van der Waals surface area contributed by atoms with Gasteiger partial charge in [-0.05, 0) is 53.2 Å². The van der Waals surface area contributed by atoms with Crippen LogP contribution in [-0.2, 0) is 17.8 Å². The van der Waals surface area contributed by atoms with Gasteiger partial charge in [0.25, 0.3) is 0 Å². The summed E-state index contributed by atoms with van der Waals surface area (Å²) < 4.78 is 5.96.